The third-order valence-corrected chi connectivity index (χ3v) is 7.48. The highest BCUT2D eigenvalue weighted by molar-refractivity contribution is 7.99. The number of H-pyrrole nitrogens is 1. The number of aromatic amines is 1. The van der Waals surface area contributed by atoms with Crippen LogP contribution in [0.4, 0.5) is 11.8 Å². The van der Waals surface area contributed by atoms with E-state index in [9.17, 15) is 19.2 Å². The molecule has 0 spiro atoms. The van der Waals surface area contributed by atoms with Gasteiger partial charge in [-0.25, -0.2) is 4.79 Å². The fraction of sp³-hybridized carbons (Fsp3) is 0.480. The number of amides is 1. The third-order valence-electron chi connectivity index (χ3n) is 6.20. The summed E-state index contributed by atoms with van der Waals surface area (Å²) in [6, 6.07) is 6.28. The highest BCUT2D eigenvalue weighted by Gasteiger charge is 2.32. The number of esters is 2. The molecule has 3 atom stereocenters. The summed E-state index contributed by atoms with van der Waals surface area (Å²) in [6.45, 7) is 3.78. The van der Waals surface area contributed by atoms with E-state index in [1.807, 2.05) is 12.1 Å². The Morgan fingerprint density at radius 3 is 2.43 bits per heavy atom. The lowest BCUT2D eigenvalue weighted by Gasteiger charge is -2.37. The van der Waals surface area contributed by atoms with Crippen LogP contribution in [0.5, 0.6) is 0 Å². The first kappa shape index (κ1) is 28.0. The summed E-state index contributed by atoms with van der Waals surface area (Å²) < 4.78 is 9.95. The second kappa shape index (κ2) is 13.1. The molecule has 1 aliphatic carbocycles. The van der Waals surface area contributed by atoms with Gasteiger partial charge in [0, 0.05) is 17.7 Å². The van der Waals surface area contributed by atoms with Crippen LogP contribution in [-0.2, 0) is 19.1 Å². The fourth-order valence-electron chi connectivity index (χ4n) is 4.15. The predicted octanol–water partition coefficient (Wildman–Crippen LogP) is 2.22. The van der Waals surface area contributed by atoms with Crippen molar-refractivity contribution < 1.29 is 23.9 Å². The second-order valence-corrected chi connectivity index (χ2v) is 9.69. The average molecular weight is 532 g/mol. The quantitative estimate of drug-likeness (QED) is 0.234. The van der Waals surface area contributed by atoms with Gasteiger partial charge in [0.1, 0.15) is 16.8 Å². The molecule has 200 valence electrons. The molecule has 0 unspecified atom stereocenters. The SMILES string of the molecule is CCOC(=O)CC[C@H](NC(=O)c1ccc([C@@H]2CC[C@H]2CSc2c(N)nc(N)[nH]c2=O)cc1)C(=O)OCC. The molecular weight excluding hydrogens is 498 g/mol. The van der Waals surface area contributed by atoms with Gasteiger partial charge in [-0.05, 0) is 62.6 Å². The molecule has 6 N–H and O–H groups in total. The number of benzene rings is 1. The van der Waals surface area contributed by atoms with Crippen molar-refractivity contribution in [3.8, 4) is 0 Å². The number of carbonyl (C=O) groups excluding carboxylic acids is 3. The van der Waals surface area contributed by atoms with Gasteiger partial charge in [0.15, 0.2) is 0 Å². The van der Waals surface area contributed by atoms with Crippen LogP contribution in [0.1, 0.15) is 61.4 Å². The Labute approximate surface area is 219 Å². The Balaban J connectivity index is 1.59. The van der Waals surface area contributed by atoms with E-state index < -0.39 is 23.9 Å². The molecule has 0 radical (unpaired) electrons. The zero-order valence-electron chi connectivity index (χ0n) is 21.0. The van der Waals surface area contributed by atoms with Crippen LogP contribution in [0, 0.1) is 5.92 Å². The molecule has 11 nitrogen and oxygen atoms in total. The van der Waals surface area contributed by atoms with Crippen LogP contribution in [-0.4, -0.2) is 52.8 Å². The van der Waals surface area contributed by atoms with Crippen LogP contribution in [0.3, 0.4) is 0 Å². The van der Waals surface area contributed by atoms with Gasteiger partial charge in [0.05, 0.1) is 13.2 Å². The highest BCUT2D eigenvalue weighted by atomic mass is 32.2. The molecule has 37 heavy (non-hydrogen) atoms. The molecule has 1 amide bonds. The first-order chi connectivity index (χ1) is 17.7. The van der Waals surface area contributed by atoms with E-state index in [4.69, 9.17) is 20.9 Å². The molecule has 1 fully saturated rings. The first-order valence-corrected chi connectivity index (χ1v) is 13.2. The minimum atomic E-state index is -0.956. The van der Waals surface area contributed by atoms with E-state index in [0.29, 0.717) is 28.0 Å². The van der Waals surface area contributed by atoms with Gasteiger partial charge in [0.2, 0.25) is 5.95 Å². The van der Waals surface area contributed by atoms with Crippen molar-refractivity contribution in [2.45, 2.75) is 56.4 Å². The van der Waals surface area contributed by atoms with Gasteiger partial charge in [-0.2, -0.15) is 4.98 Å². The van der Waals surface area contributed by atoms with Crippen LogP contribution < -0.4 is 22.3 Å². The van der Waals surface area contributed by atoms with E-state index in [1.54, 1.807) is 26.0 Å². The third kappa shape index (κ3) is 7.48. The Kier molecular flexibility index (Phi) is 9.95. The molecule has 1 aliphatic rings. The van der Waals surface area contributed by atoms with Gasteiger partial charge in [-0.1, -0.05) is 12.1 Å². The number of carbonyl (C=O) groups is 3. The van der Waals surface area contributed by atoms with Crippen LogP contribution in [0.25, 0.3) is 0 Å². The van der Waals surface area contributed by atoms with Crippen molar-refractivity contribution in [3.05, 3.63) is 45.7 Å². The highest BCUT2D eigenvalue weighted by Crippen LogP contribution is 2.45. The van der Waals surface area contributed by atoms with Crippen molar-refractivity contribution in [2.24, 2.45) is 5.92 Å². The number of aromatic nitrogens is 2. The number of hydrogen-bond donors (Lipinski definition) is 4. The molecule has 3 rings (SSSR count). The summed E-state index contributed by atoms with van der Waals surface area (Å²) in [5.41, 5.74) is 12.5. The molecule has 0 aliphatic heterocycles. The first-order valence-electron chi connectivity index (χ1n) is 12.2. The van der Waals surface area contributed by atoms with Gasteiger partial charge in [-0.15, -0.1) is 11.8 Å². The lowest BCUT2D eigenvalue weighted by atomic mass is 9.71. The maximum absolute atomic E-state index is 12.8. The lowest BCUT2D eigenvalue weighted by molar-refractivity contribution is -0.146. The Morgan fingerprint density at radius 1 is 1.14 bits per heavy atom. The normalized spacial score (nSPS) is 17.4. The van der Waals surface area contributed by atoms with Gasteiger partial charge in [0.25, 0.3) is 11.5 Å². The predicted molar refractivity (Wildman–Crippen MR) is 140 cm³/mol. The van der Waals surface area contributed by atoms with Crippen LogP contribution in [0.15, 0.2) is 34.0 Å². The Morgan fingerprint density at radius 2 is 1.84 bits per heavy atom. The monoisotopic (exact) mass is 531 g/mol. The molecule has 1 aromatic carbocycles. The van der Waals surface area contributed by atoms with Crippen LogP contribution in [0.2, 0.25) is 0 Å². The van der Waals surface area contributed by atoms with E-state index in [0.717, 1.165) is 18.4 Å². The smallest absolute Gasteiger partial charge is 0.328 e. The number of anilines is 2. The number of nitrogens with zero attached hydrogens (tertiary/aromatic N) is 1. The number of thioether (sulfide) groups is 1. The molecule has 12 heteroatoms. The summed E-state index contributed by atoms with van der Waals surface area (Å²) >= 11 is 1.37. The minimum Gasteiger partial charge on any atom is -0.466 e. The van der Waals surface area contributed by atoms with Gasteiger partial charge in [-0.3, -0.25) is 19.4 Å². The Bertz CT molecular complexity index is 1170. The molecular formula is C25H33N5O6S. The van der Waals surface area contributed by atoms with Gasteiger partial charge < -0.3 is 26.3 Å². The number of rotatable bonds is 12. The molecule has 1 aromatic heterocycles. The zero-order valence-corrected chi connectivity index (χ0v) is 21.8. The summed E-state index contributed by atoms with van der Waals surface area (Å²) in [4.78, 5) is 55.7. The van der Waals surface area contributed by atoms with E-state index in [-0.39, 0.29) is 43.4 Å². The maximum Gasteiger partial charge on any atom is 0.328 e. The number of nitrogens with one attached hydrogen (secondary N) is 2. The van der Waals surface area contributed by atoms with Crippen molar-refractivity contribution in [1.82, 2.24) is 15.3 Å². The summed E-state index contributed by atoms with van der Waals surface area (Å²) in [6.07, 6.45) is 2.09. The average Bonchev–Trinajstić information content (AvgIpc) is 2.83. The number of ether oxygens (including phenoxy) is 2. The van der Waals surface area contributed by atoms with Crippen molar-refractivity contribution in [1.29, 1.82) is 0 Å². The molecule has 2 aromatic rings. The largest absolute Gasteiger partial charge is 0.466 e. The number of nitrogens with two attached hydrogens (primary N) is 2. The van der Waals surface area contributed by atoms with Crippen molar-refractivity contribution in [3.63, 3.8) is 0 Å². The van der Waals surface area contributed by atoms with E-state index >= 15 is 0 Å². The van der Waals surface area contributed by atoms with Gasteiger partial charge >= 0.3 is 11.9 Å². The number of nitrogen functional groups attached to an aromatic ring is 2. The van der Waals surface area contributed by atoms with Crippen LogP contribution >= 0.6 is 11.8 Å². The van der Waals surface area contributed by atoms with Crippen molar-refractivity contribution >= 4 is 41.4 Å². The standard InChI is InChI=1S/C25H33N5O6S/c1-3-35-19(31)12-11-18(24(34)36-4-2)28-22(32)15-7-5-14(6-8-15)17-10-9-16(17)13-37-20-21(26)29-25(27)30-23(20)33/h5-8,16-18H,3-4,9-13H2,1-2H3,(H,28,32)(H5,26,27,29,30,33)/t16-,17-,18-/m0/s1. The molecule has 1 saturated carbocycles. The summed E-state index contributed by atoms with van der Waals surface area (Å²) in [5, 5.41) is 2.67. The van der Waals surface area contributed by atoms with Crippen molar-refractivity contribution in [2.75, 3.05) is 30.4 Å². The molecule has 1 heterocycles. The number of hydrogen-bond acceptors (Lipinski definition) is 10. The fourth-order valence-corrected chi connectivity index (χ4v) is 5.30. The minimum absolute atomic E-state index is 0.00919. The molecule has 0 bridgehead atoms. The topological polar surface area (TPSA) is 179 Å². The van der Waals surface area contributed by atoms with E-state index in [2.05, 4.69) is 15.3 Å². The summed E-state index contributed by atoms with van der Waals surface area (Å²) in [5.74, 6) is -0.00907. The zero-order chi connectivity index (χ0) is 26.9. The van der Waals surface area contributed by atoms with E-state index in [1.165, 1.54) is 11.8 Å². The Hall–Kier alpha value is -3.54. The molecule has 0 saturated heterocycles. The maximum atomic E-state index is 12.8. The summed E-state index contributed by atoms with van der Waals surface area (Å²) in [7, 11) is 0. The lowest BCUT2D eigenvalue weighted by Crippen LogP contribution is -2.42. The second-order valence-electron chi connectivity index (χ2n) is 8.66.